The van der Waals surface area contributed by atoms with Crippen LogP contribution in [0.1, 0.15) is 27.2 Å². The first-order valence-corrected chi connectivity index (χ1v) is 12.2. The van der Waals surface area contributed by atoms with E-state index in [1.807, 2.05) is 38.1 Å². The minimum Gasteiger partial charge on any atom is -0.454 e. The molecule has 5 rings (SSSR count). The number of aryl methyl sites for hydroxylation is 2. The smallest absolute Gasteiger partial charge is 0.328 e. The summed E-state index contributed by atoms with van der Waals surface area (Å²) in [6.45, 7) is 4.14. The van der Waals surface area contributed by atoms with Crippen molar-refractivity contribution in [3.05, 3.63) is 87.5 Å². The number of carbonyl (C=O) groups excluding carboxylic acids is 3. The van der Waals surface area contributed by atoms with E-state index in [0.717, 1.165) is 21.2 Å². The molecule has 0 radical (unpaired) electrons. The molecule has 3 aromatic carbocycles. The predicted octanol–water partition coefficient (Wildman–Crippen LogP) is 4.39. The van der Waals surface area contributed by atoms with E-state index in [4.69, 9.17) is 9.47 Å². The zero-order valence-corrected chi connectivity index (χ0v) is 21.6. The van der Waals surface area contributed by atoms with Crippen LogP contribution < -0.4 is 25.5 Å². The van der Waals surface area contributed by atoms with Crippen molar-refractivity contribution in [3.63, 3.8) is 0 Å². The highest BCUT2D eigenvalue weighted by atomic mass is 79.9. The number of ether oxygens (including phenoxy) is 2. The van der Waals surface area contributed by atoms with Crippen LogP contribution in [0.3, 0.4) is 0 Å². The lowest BCUT2D eigenvalue weighted by Crippen LogP contribution is -2.39. The molecule has 9 nitrogen and oxygen atoms in total. The van der Waals surface area contributed by atoms with Gasteiger partial charge in [0.05, 0.1) is 5.52 Å². The molecule has 1 aliphatic rings. The van der Waals surface area contributed by atoms with E-state index < -0.39 is 17.7 Å². The molecule has 3 amide bonds. The molecule has 0 spiro atoms. The summed E-state index contributed by atoms with van der Waals surface area (Å²) >= 11 is 3.43. The van der Waals surface area contributed by atoms with Crippen LogP contribution in [0, 0.1) is 13.8 Å². The van der Waals surface area contributed by atoms with Gasteiger partial charge < -0.3 is 20.1 Å². The monoisotopic (exact) mass is 562 g/mol. The molecule has 0 fully saturated rings. The molecule has 1 aromatic heterocycles. The second-order valence-corrected chi connectivity index (χ2v) is 9.57. The van der Waals surface area contributed by atoms with E-state index in [1.165, 1.54) is 4.68 Å². The van der Waals surface area contributed by atoms with Crippen LogP contribution >= 0.6 is 15.9 Å². The van der Waals surface area contributed by atoms with Gasteiger partial charge in [0.1, 0.15) is 5.69 Å². The van der Waals surface area contributed by atoms with E-state index >= 15 is 0 Å². The van der Waals surface area contributed by atoms with Gasteiger partial charge in [0.2, 0.25) is 6.79 Å². The highest BCUT2D eigenvalue weighted by Crippen LogP contribution is 2.32. The number of amides is 3. The molecule has 3 N–H and O–H groups in total. The molecule has 10 heteroatoms. The quantitative estimate of drug-likeness (QED) is 0.312. The maximum absolute atomic E-state index is 13.3. The number of halogens is 1. The third-order valence-corrected chi connectivity index (χ3v) is 6.43. The van der Waals surface area contributed by atoms with Crippen LogP contribution in [0.2, 0.25) is 0 Å². The molecular formula is C27H23BrN4O5. The summed E-state index contributed by atoms with van der Waals surface area (Å²) < 4.78 is 12.8. The Labute approximate surface area is 220 Å². The Hall–Kier alpha value is -4.31. The fourth-order valence-electron chi connectivity index (χ4n) is 4.08. The van der Waals surface area contributed by atoms with Crippen molar-refractivity contribution < 1.29 is 23.9 Å². The Kier molecular flexibility index (Phi) is 6.58. The number of carbonyl (C=O) groups is 3. The summed E-state index contributed by atoms with van der Waals surface area (Å²) in [6, 6.07) is 18.0. The average Bonchev–Trinajstić information content (AvgIpc) is 3.48. The number of hydrogen-bond acceptors (Lipinski definition) is 5. The van der Waals surface area contributed by atoms with E-state index in [9.17, 15) is 14.4 Å². The molecule has 0 unspecified atom stereocenters. The molecule has 0 saturated heterocycles. The summed E-state index contributed by atoms with van der Waals surface area (Å²) in [5, 5.41) is 6.20. The van der Waals surface area contributed by atoms with Crippen molar-refractivity contribution in [1.29, 1.82) is 0 Å². The van der Waals surface area contributed by atoms with Crippen molar-refractivity contribution in [3.8, 4) is 11.5 Å². The zero-order valence-electron chi connectivity index (χ0n) is 20.1. The van der Waals surface area contributed by atoms with Crippen LogP contribution in [0.5, 0.6) is 11.5 Å². The van der Waals surface area contributed by atoms with Gasteiger partial charge in [-0.1, -0.05) is 39.7 Å². The molecule has 188 valence electrons. The maximum Gasteiger partial charge on any atom is 0.328 e. The van der Waals surface area contributed by atoms with Gasteiger partial charge in [0.25, 0.3) is 5.91 Å². The first-order chi connectivity index (χ1) is 17.8. The number of rotatable bonds is 5. The molecule has 0 aliphatic carbocycles. The molecular weight excluding hydrogens is 540 g/mol. The highest BCUT2D eigenvalue weighted by molar-refractivity contribution is 9.10. The lowest BCUT2D eigenvalue weighted by Gasteiger charge is -2.14. The molecule has 0 bridgehead atoms. The fraction of sp³-hybridized carbons (Fsp3) is 0.148. The van der Waals surface area contributed by atoms with Gasteiger partial charge in [0.15, 0.2) is 11.5 Å². The largest absolute Gasteiger partial charge is 0.454 e. The number of anilines is 1. The predicted molar refractivity (Wildman–Crippen MR) is 142 cm³/mol. The first kappa shape index (κ1) is 24.4. The third kappa shape index (κ3) is 5.14. The van der Waals surface area contributed by atoms with Gasteiger partial charge in [-0.05, 0) is 67.4 Å². The van der Waals surface area contributed by atoms with Gasteiger partial charge >= 0.3 is 11.8 Å². The minimum absolute atomic E-state index is 0.113. The van der Waals surface area contributed by atoms with Crippen LogP contribution in [0.4, 0.5) is 5.69 Å². The van der Waals surface area contributed by atoms with Gasteiger partial charge in [-0.2, -0.15) is 0 Å². The zero-order chi connectivity index (χ0) is 26.1. The Morgan fingerprint density at radius 2 is 1.73 bits per heavy atom. The number of hydrogen-bond donors (Lipinski definition) is 3. The van der Waals surface area contributed by atoms with E-state index in [-0.39, 0.29) is 19.0 Å². The van der Waals surface area contributed by atoms with Crippen molar-refractivity contribution in [2.75, 3.05) is 17.5 Å². The van der Waals surface area contributed by atoms with E-state index in [0.29, 0.717) is 28.1 Å². The Bertz CT molecular complexity index is 1560. The lowest BCUT2D eigenvalue weighted by molar-refractivity contribution is -0.136. The molecule has 0 saturated carbocycles. The molecule has 37 heavy (non-hydrogen) atoms. The van der Waals surface area contributed by atoms with Gasteiger partial charge in [-0.15, -0.1) is 0 Å². The number of nitrogens with one attached hydrogen (secondary N) is 3. The molecule has 1 aliphatic heterocycles. The summed E-state index contributed by atoms with van der Waals surface area (Å²) in [5.74, 6) is -0.981. The van der Waals surface area contributed by atoms with Gasteiger partial charge in [0, 0.05) is 22.1 Å². The van der Waals surface area contributed by atoms with Crippen molar-refractivity contribution >= 4 is 50.2 Å². The van der Waals surface area contributed by atoms with Gasteiger partial charge in [-0.25, -0.2) is 4.68 Å². The second-order valence-electron chi connectivity index (χ2n) is 8.65. The average molecular weight is 563 g/mol. The number of nitrogens with zero attached hydrogens (tertiary/aromatic N) is 1. The SMILES string of the molecule is Cc1ccc(NC(=O)c2cc3cc(Br)ccc3n2NC(=O)C(=O)NCc2ccc3c(c2)OCO3)c(C)c1. The Morgan fingerprint density at radius 3 is 2.54 bits per heavy atom. The second kappa shape index (κ2) is 9.98. The summed E-state index contributed by atoms with van der Waals surface area (Å²) in [6.07, 6.45) is 0. The highest BCUT2D eigenvalue weighted by Gasteiger charge is 2.22. The maximum atomic E-state index is 13.3. The van der Waals surface area contributed by atoms with Crippen LogP contribution in [-0.2, 0) is 16.1 Å². The molecule has 2 heterocycles. The molecule has 0 atom stereocenters. The lowest BCUT2D eigenvalue weighted by atomic mass is 10.1. The van der Waals surface area contributed by atoms with Crippen LogP contribution in [-0.4, -0.2) is 29.2 Å². The Morgan fingerprint density at radius 1 is 0.919 bits per heavy atom. The normalized spacial score (nSPS) is 11.9. The Balaban J connectivity index is 1.35. The summed E-state index contributed by atoms with van der Waals surface area (Å²) in [4.78, 5) is 38.7. The van der Waals surface area contributed by atoms with Crippen LogP contribution in [0.25, 0.3) is 10.9 Å². The standard InChI is InChI=1S/C27H23BrN4O5/c1-15-3-6-20(16(2)9-15)30-25(33)22-12-18-11-19(28)5-7-21(18)32(22)31-27(35)26(34)29-13-17-4-8-23-24(10-17)37-14-36-23/h3-12H,13-14H2,1-2H3,(H,29,34)(H,30,33)(H,31,35). The van der Waals surface area contributed by atoms with E-state index in [1.54, 1.807) is 36.4 Å². The van der Waals surface area contributed by atoms with Crippen molar-refractivity contribution in [2.24, 2.45) is 0 Å². The minimum atomic E-state index is -0.915. The summed E-state index contributed by atoms with van der Waals surface area (Å²) in [5.41, 5.74) is 6.68. The third-order valence-electron chi connectivity index (χ3n) is 5.94. The van der Waals surface area contributed by atoms with E-state index in [2.05, 4.69) is 32.0 Å². The molecule has 4 aromatic rings. The summed E-state index contributed by atoms with van der Waals surface area (Å²) in [7, 11) is 0. The van der Waals surface area contributed by atoms with Crippen LogP contribution in [0.15, 0.2) is 65.1 Å². The topological polar surface area (TPSA) is 111 Å². The van der Waals surface area contributed by atoms with Gasteiger partial charge in [-0.3, -0.25) is 19.8 Å². The fourth-order valence-corrected chi connectivity index (χ4v) is 4.46. The first-order valence-electron chi connectivity index (χ1n) is 11.5. The van der Waals surface area contributed by atoms with Crippen molar-refractivity contribution in [2.45, 2.75) is 20.4 Å². The number of benzene rings is 3. The van der Waals surface area contributed by atoms with Crippen molar-refractivity contribution in [1.82, 2.24) is 9.99 Å². The number of aromatic nitrogens is 1. The number of fused-ring (bicyclic) bond motifs is 2.